The summed E-state index contributed by atoms with van der Waals surface area (Å²) < 4.78 is 11.1. The largest absolute Gasteiger partial charge is 0.454 e. The fourth-order valence-corrected chi connectivity index (χ4v) is 1.37. The maximum atomic E-state index is 7.56. The lowest BCUT2D eigenvalue weighted by Gasteiger charge is -1.99. The molecular formula is C7H5INO2. The first-order chi connectivity index (χ1) is 5.29. The standard InChI is InChI=1S/C7H5INO2/c8-4-1-2-5-7(6(4)9)11-3-10-5/h1-2,9H,3H2. The van der Waals surface area contributed by atoms with Crippen molar-refractivity contribution in [3.05, 3.63) is 15.7 Å². The van der Waals surface area contributed by atoms with Crippen LogP contribution < -0.4 is 15.2 Å². The second-order valence-corrected chi connectivity index (χ2v) is 3.32. The van der Waals surface area contributed by atoms with Gasteiger partial charge in [0.2, 0.25) is 6.79 Å². The average molecular weight is 262 g/mol. The molecule has 1 heterocycles. The van der Waals surface area contributed by atoms with Crippen LogP contribution in [0.2, 0.25) is 0 Å². The van der Waals surface area contributed by atoms with Crippen LogP contribution in [-0.4, -0.2) is 6.79 Å². The molecule has 0 amide bonds. The summed E-state index contributed by atoms with van der Waals surface area (Å²) in [7, 11) is 0. The highest BCUT2D eigenvalue weighted by Crippen LogP contribution is 2.40. The van der Waals surface area contributed by atoms with E-state index in [1.807, 2.05) is 12.1 Å². The van der Waals surface area contributed by atoms with Crippen LogP contribution in [0.25, 0.3) is 0 Å². The minimum Gasteiger partial charge on any atom is -0.454 e. The molecule has 1 aliphatic rings. The normalized spacial score (nSPS) is 13.5. The molecule has 1 N–H and O–H groups in total. The van der Waals surface area contributed by atoms with E-state index >= 15 is 0 Å². The Morgan fingerprint density at radius 3 is 3.00 bits per heavy atom. The van der Waals surface area contributed by atoms with Crippen molar-refractivity contribution in [2.24, 2.45) is 0 Å². The van der Waals surface area contributed by atoms with Gasteiger partial charge in [-0.3, -0.25) is 5.73 Å². The highest BCUT2D eigenvalue weighted by atomic mass is 127. The maximum absolute atomic E-state index is 7.56. The van der Waals surface area contributed by atoms with Gasteiger partial charge in [-0.1, -0.05) is 0 Å². The van der Waals surface area contributed by atoms with Crippen molar-refractivity contribution in [2.45, 2.75) is 0 Å². The van der Waals surface area contributed by atoms with E-state index in [4.69, 9.17) is 15.2 Å². The van der Waals surface area contributed by atoms with Gasteiger partial charge < -0.3 is 9.47 Å². The number of ether oxygens (including phenoxy) is 2. The van der Waals surface area contributed by atoms with E-state index in [1.54, 1.807) is 0 Å². The third-order valence-electron chi connectivity index (χ3n) is 1.49. The number of halogens is 1. The molecule has 0 aliphatic carbocycles. The Labute approximate surface area is 77.6 Å². The summed E-state index contributed by atoms with van der Waals surface area (Å²) in [6.45, 7) is 0.237. The molecule has 0 fully saturated rings. The van der Waals surface area contributed by atoms with E-state index < -0.39 is 0 Å². The van der Waals surface area contributed by atoms with E-state index in [-0.39, 0.29) is 6.79 Å². The molecule has 0 unspecified atom stereocenters. The Morgan fingerprint density at radius 1 is 1.36 bits per heavy atom. The summed E-state index contributed by atoms with van der Waals surface area (Å²) >= 11 is 2.09. The molecule has 4 heteroatoms. The first kappa shape index (κ1) is 7.02. The van der Waals surface area contributed by atoms with Crippen LogP contribution in [0.1, 0.15) is 0 Å². The molecule has 0 atom stereocenters. The fraction of sp³-hybridized carbons (Fsp3) is 0.143. The topological polar surface area (TPSA) is 42.3 Å². The fourth-order valence-electron chi connectivity index (χ4n) is 0.948. The summed E-state index contributed by atoms with van der Waals surface area (Å²) in [5.41, 5.74) is 7.98. The van der Waals surface area contributed by atoms with Crippen molar-refractivity contribution in [1.82, 2.24) is 5.73 Å². The van der Waals surface area contributed by atoms with E-state index in [0.717, 1.165) is 3.57 Å². The molecular weight excluding hydrogens is 257 g/mol. The Hall–Kier alpha value is -0.650. The van der Waals surface area contributed by atoms with Gasteiger partial charge in [0, 0.05) is 3.57 Å². The first-order valence-corrected chi connectivity index (χ1v) is 4.16. The summed E-state index contributed by atoms with van der Waals surface area (Å²) in [6.07, 6.45) is 0. The Morgan fingerprint density at radius 2 is 2.18 bits per heavy atom. The number of benzene rings is 1. The first-order valence-electron chi connectivity index (χ1n) is 3.09. The molecule has 0 saturated carbocycles. The van der Waals surface area contributed by atoms with Crippen molar-refractivity contribution in [2.75, 3.05) is 6.79 Å². The number of hydrogen-bond donors (Lipinski definition) is 0. The number of hydrogen-bond acceptors (Lipinski definition) is 2. The molecule has 57 valence electrons. The van der Waals surface area contributed by atoms with Crippen molar-refractivity contribution < 1.29 is 9.47 Å². The molecule has 1 aliphatic heterocycles. The quantitative estimate of drug-likeness (QED) is 0.670. The van der Waals surface area contributed by atoms with Crippen LogP contribution in [0, 0.1) is 3.57 Å². The van der Waals surface area contributed by atoms with Crippen molar-refractivity contribution in [3.8, 4) is 11.5 Å². The zero-order valence-electron chi connectivity index (χ0n) is 5.56. The molecule has 1 aromatic carbocycles. The molecule has 11 heavy (non-hydrogen) atoms. The van der Waals surface area contributed by atoms with Crippen LogP contribution in [0.3, 0.4) is 0 Å². The SMILES string of the molecule is [NH]c1c(I)ccc2c1OCO2. The van der Waals surface area contributed by atoms with Crippen LogP contribution >= 0.6 is 22.6 Å². The average Bonchev–Trinajstić information content (AvgIpc) is 2.45. The van der Waals surface area contributed by atoms with Crippen LogP contribution in [0.15, 0.2) is 12.1 Å². The molecule has 1 radical (unpaired) electrons. The zero-order chi connectivity index (χ0) is 7.84. The summed E-state index contributed by atoms with van der Waals surface area (Å²) in [5.74, 6) is 1.24. The lowest BCUT2D eigenvalue weighted by atomic mass is 10.3. The molecule has 1 aromatic rings. The van der Waals surface area contributed by atoms with E-state index in [0.29, 0.717) is 17.2 Å². The summed E-state index contributed by atoms with van der Waals surface area (Å²) in [5, 5.41) is 0. The minimum absolute atomic E-state index is 0.237. The molecule has 3 nitrogen and oxygen atoms in total. The van der Waals surface area contributed by atoms with Crippen molar-refractivity contribution in [3.63, 3.8) is 0 Å². The Bertz CT molecular complexity index is 301. The number of fused-ring (bicyclic) bond motifs is 1. The highest BCUT2D eigenvalue weighted by molar-refractivity contribution is 14.1. The molecule has 2 rings (SSSR count). The van der Waals surface area contributed by atoms with Gasteiger partial charge in [-0.25, -0.2) is 0 Å². The summed E-state index contributed by atoms with van der Waals surface area (Å²) in [6, 6.07) is 3.67. The number of rotatable bonds is 0. The predicted octanol–water partition coefficient (Wildman–Crippen LogP) is 1.93. The van der Waals surface area contributed by atoms with Gasteiger partial charge in [0.15, 0.2) is 11.5 Å². The van der Waals surface area contributed by atoms with Crippen molar-refractivity contribution >= 4 is 28.3 Å². The summed E-state index contributed by atoms with van der Waals surface area (Å²) in [4.78, 5) is 0. The van der Waals surface area contributed by atoms with Crippen molar-refractivity contribution in [1.29, 1.82) is 0 Å². The lowest BCUT2D eigenvalue weighted by Crippen LogP contribution is -1.93. The van der Waals surface area contributed by atoms with Crippen LogP contribution in [0.5, 0.6) is 11.5 Å². The highest BCUT2D eigenvalue weighted by Gasteiger charge is 2.17. The van der Waals surface area contributed by atoms with E-state index in [1.165, 1.54) is 0 Å². The Balaban J connectivity index is 2.62. The maximum Gasteiger partial charge on any atom is 0.231 e. The molecule has 0 spiro atoms. The van der Waals surface area contributed by atoms with E-state index in [2.05, 4.69) is 22.6 Å². The van der Waals surface area contributed by atoms with E-state index in [9.17, 15) is 0 Å². The third kappa shape index (κ3) is 1.01. The van der Waals surface area contributed by atoms with Gasteiger partial charge >= 0.3 is 0 Å². The monoisotopic (exact) mass is 262 g/mol. The molecule has 0 aromatic heterocycles. The van der Waals surface area contributed by atoms with Crippen LogP contribution in [0.4, 0.5) is 5.69 Å². The number of nitrogens with one attached hydrogen (secondary N) is 1. The Kier molecular flexibility index (Phi) is 1.56. The third-order valence-corrected chi connectivity index (χ3v) is 2.39. The van der Waals surface area contributed by atoms with Crippen LogP contribution in [-0.2, 0) is 0 Å². The van der Waals surface area contributed by atoms with Gasteiger partial charge in [-0.2, -0.15) is 0 Å². The van der Waals surface area contributed by atoms with Gasteiger partial charge in [-0.05, 0) is 34.7 Å². The molecule has 0 bridgehead atoms. The second kappa shape index (κ2) is 2.44. The predicted molar refractivity (Wildman–Crippen MR) is 48.0 cm³/mol. The van der Waals surface area contributed by atoms with Gasteiger partial charge in [0.05, 0.1) is 0 Å². The van der Waals surface area contributed by atoms with Gasteiger partial charge in [0.1, 0.15) is 5.69 Å². The molecule has 0 saturated heterocycles. The van der Waals surface area contributed by atoms with Gasteiger partial charge in [-0.15, -0.1) is 0 Å². The van der Waals surface area contributed by atoms with Gasteiger partial charge in [0.25, 0.3) is 0 Å². The minimum atomic E-state index is 0.237. The smallest absolute Gasteiger partial charge is 0.231 e. The zero-order valence-corrected chi connectivity index (χ0v) is 7.71. The lowest BCUT2D eigenvalue weighted by molar-refractivity contribution is 0.174. The second-order valence-electron chi connectivity index (χ2n) is 2.16.